The molecule has 112 valence electrons. The monoisotopic (exact) mass is 290 g/mol. The molecule has 0 saturated carbocycles. The first-order valence-electron chi connectivity index (χ1n) is 6.86. The van der Waals surface area contributed by atoms with Crippen molar-refractivity contribution in [3.63, 3.8) is 0 Å². The lowest BCUT2D eigenvalue weighted by Crippen LogP contribution is -2.09. The summed E-state index contributed by atoms with van der Waals surface area (Å²) in [6.45, 7) is 6.93. The van der Waals surface area contributed by atoms with Crippen molar-refractivity contribution in [2.75, 3.05) is 11.9 Å². The van der Waals surface area contributed by atoms with Crippen molar-refractivity contribution < 1.29 is 4.92 Å². The predicted octanol–water partition coefficient (Wildman–Crippen LogP) is 2.40. The quantitative estimate of drug-likeness (QED) is 0.648. The second kappa shape index (κ2) is 6.29. The summed E-state index contributed by atoms with van der Waals surface area (Å²) in [5.41, 5.74) is 0.481. The fraction of sp³-hybridized carbons (Fsp3) is 0.462. The van der Waals surface area contributed by atoms with Crippen LogP contribution in [-0.4, -0.2) is 31.0 Å². The van der Waals surface area contributed by atoms with Gasteiger partial charge in [0.2, 0.25) is 5.95 Å². The van der Waals surface area contributed by atoms with Gasteiger partial charge in [-0.05, 0) is 20.3 Å². The third-order valence-corrected chi connectivity index (χ3v) is 2.97. The van der Waals surface area contributed by atoms with Gasteiger partial charge in [-0.25, -0.2) is 15.0 Å². The average Bonchev–Trinajstić information content (AvgIpc) is 2.86. The standard InChI is InChI=1S/C13H18N6O2/c1-4-7-18-8-6-15-12(18)10-11(19(20)21)9(3)16-13(17-10)14-5-2/h6,8H,4-5,7H2,1-3H3,(H,14,16,17). The molecule has 8 heteroatoms. The normalized spacial score (nSPS) is 10.6. The molecule has 2 aromatic heterocycles. The molecule has 0 aliphatic carbocycles. The van der Waals surface area contributed by atoms with E-state index in [1.54, 1.807) is 19.3 Å². The van der Waals surface area contributed by atoms with Gasteiger partial charge >= 0.3 is 5.69 Å². The first kappa shape index (κ1) is 14.9. The highest BCUT2D eigenvalue weighted by molar-refractivity contribution is 5.67. The molecule has 0 saturated heterocycles. The second-order valence-electron chi connectivity index (χ2n) is 4.56. The summed E-state index contributed by atoms with van der Waals surface area (Å²) in [6.07, 6.45) is 4.33. The fourth-order valence-corrected chi connectivity index (χ4v) is 2.13. The van der Waals surface area contributed by atoms with Gasteiger partial charge < -0.3 is 9.88 Å². The predicted molar refractivity (Wildman–Crippen MR) is 79.1 cm³/mol. The Morgan fingerprint density at radius 1 is 1.38 bits per heavy atom. The molecule has 0 aliphatic rings. The molecule has 0 radical (unpaired) electrons. The maximum atomic E-state index is 11.3. The molecular formula is C13H18N6O2. The molecule has 0 atom stereocenters. The van der Waals surface area contributed by atoms with Gasteiger partial charge in [0.05, 0.1) is 4.92 Å². The number of aromatic nitrogens is 4. The lowest BCUT2D eigenvalue weighted by molar-refractivity contribution is -0.385. The van der Waals surface area contributed by atoms with Crippen molar-refractivity contribution in [2.24, 2.45) is 0 Å². The summed E-state index contributed by atoms with van der Waals surface area (Å²) in [4.78, 5) is 23.5. The minimum absolute atomic E-state index is 0.0970. The van der Waals surface area contributed by atoms with Gasteiger partial charge in [0, 0.05) is 25.5 Å². The number of hydrogen-bond donors (Lipinski definition) is 1. The van der Waals surface area contributed by atoms with Crippen LogP contribution in [-0.2, 0) is 6.54 Å². The van der Waals surface area contributed by atoms with Crippen molar-refractivity contribution in [3.05, 3.63) is 28.2 Å². The zero-order valence-electron chi connectivity index (χ0n) is 12.3. The van der Waals surface area contributed by atoms with Crippen molar-refractivity contribution >= 4 is 11.6 Å². The number of nitrogens with zero attached hydrogens (tertiary/aromatic N) is 5. The molecule has 8 nitrogen and oxygen atoms in total. The summed E-state index contributed by atoms with van der Waals surface area (Å²) >= 11 is 0. The number of anilines is 1. The third-order valence-electron chi connectivity index (χ3n) is 2.97. The van der Waals surface area contributed by atoms with Crippen LogP contribution in [0.3, 0.4) is 0 Å². The summed E-state index contributed by atoms with van der Waals surface area (Å²) in [6, 6.07) is 0. The summed E-state index contributed by atoms with van der Waals surface area (Å²) in [5.74, 6) is 0.870. The van der Waals surface area contributed by atoms with E-state index < -0.39 is 4.92 Å². The Labute approximate surface area is 122 Å². The smallest absolute Gasteiger partial charge is 0.319 e. The van der Waals surface area contributed by atoms with Gasteiger partial charge in [0.15, 0.2) is 11.5 Å². The van der Waals surface area contributed by atoms with Crippen LogP contribution in [0.15, 0.2) is 12.4 Å². The zero-order valence-corrected chi connectivity index (χ0v) is 12.3. The van der Waals surface area contributed by atoms with Gasteiger partial charge in [-0.1, -0.05) is 6.92 Å². The first-order chi connectivity index (χ1) is 10.1. The van der Waals surface area contributed by atoms with Crippen LogP contribution in [0, 0.1) is 17.0 Å². The van der Waals surface area contributed by atoms with E-state index in [-0.39, 0.29) is 11.4 Å². The Bertz CT molecular complexity index is 652. The second-order valence-corrected chi connectivity index (χ2v) is 4.56. The molecular weight excluding hydrogens is 272 g/mol. The van der Waals surface area contributed by atoms with E-state index in [9.17, 15) is 10.1 Å². The Balaban J connectivity index is 2.63. The molecule has 1 N–H and O–H groups in total. The van der Waals surface area contributed by atoms with Gasteiger partial charge in [0.1, 0.15) is 5.69 Å². The SMILES string of the molecule is CCCn1ccnc1-c1nc(NCC)nc(C)c1[N+](=O)[O-]. The topological polar surface area (TPSA) is 98.8 Å². The van der Waals surface area contributed by atoms with E-state index in [0.29, 0.717) is 24.0 Å². The van der Waals surface area contributed by atoms with Crippen LogP contribution in [0.5, 0.6) is 0 Å². The van der Waals surface area contributed by atoms with E-state index in [1.165, 1.54) is 0 Å². The molecule has 0 aliphatic heterocycles. The summed E-state index contributed by atoms with van der Waals surface area (Å²) in [7, 11) is 0. The van der Waals surface area contributed by atoms with Crippen molar-refractivity contribution in [2.45, 2.75) is 33.7 Å². The Morgan fingerprint density at radius 3 is 2.76 bits per heavy atom. The first-order valence-corrected chi connectivity index (χ1v) is 6.86. The van der Waals surface area contributed by atoms with Crippen LogP contribution in [0.25, 0.3) is 11.5 Å². The van der Waals surface area contributed by atoms with Crippen molar-refractivity contribution in [1.29, 1.82) is 0 Å². The minimum Gasteiger partial charge on any atom is -0.354 e. The summed E-state index contributed by atoms with van der Waals surface area (Å²) < 4.78 is 1.87. The number of aryl methyl sites for hydroxylation is 2. The molecule has 0 fully saturated rings. The molecule has 21 heavy (non-hydrogen) atoms. The molecule has 0 unspecified atom stereocenters. The van der Waals surface area contributed by atoms with E-state index in [2.05, 4.69) is 20.3 Å². The number of rotatable bonds is 6. The highest BCUT2D eigenvalue weighted by Crippen LogP contribution is 2.30. The number of nitrogens with one attached hydrogen (secondary N) is 1. The van der Waals surface area contributed by atoms with E-state index in [1.807, 2.05) is 18.4 Å². The lowest BCUT2D eigenvalue weighted by Gasteiger charge is -2.09. The molecule has 2 rings (SSSR count). The average molecular weight is 290 g/mol. The van der Waals surface area contributed by atoms with Crippen LogP contribution in [0.1, 0.15) is 26.0 Å². The van der Waals surface area contributed by atoms with E-state index in [0.717, 1.165) is 13.0 Å². The van der Waals surface area contributed by atoms with Gasteiger partial charge in [0.25, 0.3) is 0 Å². The molecule has 0 bridgehead atoms. The van der Waals surface area contributed by atoms with Gasteiger partial charge in [-0.3, -0.25) is 10.1 Å². The number of imidazole rings is 1. The number of hydrogen-bond acceptors (Lipinski definition) is 6. The fourth-order valence-electron chi connectivity index (χ4n) is 2.13. The van der Waals surface area contributed by atoms with Crippen molar-refractivity contribution in [3.8, 4) is 11.5 Å². The van der Waals surface area contributed by atoms with Crippen LogP contribution >= 0.6 is 0 Å². The third kappa shape index (κ3) is 2.99. The maximum absolute atomic E-state index is 11.3. The van der Waals surface area contributed by atoms with Gasteiger partial charge in [-0.2, -0.15) is 0 Å². The summed E-state index contributed by atoms with van der Waals surface area (Å²) in [5, 5.41) is 14.3. The molecule has 0 aromatic carbocycles. The Kier molecular flexibility index (Phi) is 4.46. The molecule has 0 spiro atoms. The zero-order chi connectivity index (χ0) is 15.4. The lowest BCUT2D eigenvalue weighted by atomic mass is 10.2. The Hall–Kier alpha value is -2.51. The van der Waals surface area contributed by atoms with E-state index in [4.69, 9.17) is 0 Å². The number of nitro groups is 1. The molecule has 0 amide bonds. The Morgan fingerprint density at radius 2 is 2.14 bits per heavy atom. The largest absolute Gasteiger partial charge is 0.354 e. The molecule has 2 aromatic rings. The highest BCUT2D eigenvalue weighted by atomic mass is 16.6. The maximum Gasteiger partial charge on any atom is 0.319 e. The van der Waals surface area contributed by atoms with Crippen LogP contribution < -0.4 is 5.32 Å². The van der Waals surface area contributed by atoms with E-state index >= 15 is 0 Å². The highest BCUT2D eigenvalue weighted by Gasteiger charge is 2.26. The van der Waals surface area contributed by atoms with Crippen molar-refractivity contribution in [1.82, 2.24) is 19.5 Å². The van der Waals surface area contributed by atoms with Crippen LogP contribution in [0.4, 0.5) is 11.6 Å². The minimum atomic E-state index is -0.453. The van der Waals surface area contributed by atoms with Gasteiger partial charge in [-0.15, -0.1) is 0 Å². The molecule has 2 heterocycles. The van der Waals surface area contributed by atoms with Crippen LogP contribution in [0.2, 0.25) is 0 Å².